The second kappa shape index (κ2) is 18.5. The van der Waals surface area contributed by atoms with Crippen LogP contribution in [0.15, 0.2) is 96.1 Å². The third-order valence-corrected chi connectivity index (χ3v) is 15.6. The van der Waals surface area contributed by atoms with Crippen LogP contribution in [0.3, 0.4) is 0 Å². The number of ether oxygens (including phenoxy) is 2. The molecule has 2 N–H and O–H groups in total. The van der Waals surface area contributed by atoms with E-state index in [-0.39, 0.29) is 29.4 Å². The van der Waals surface area contributed by atoms with Crippen molar-refractivity contribution in [1.82, 2.24) is 25.1 Å². The van der Waals surface area contributed by atoms with Gasteiger partial charge in [-0.25, -0.2) is 8.42 Å². The molecule has 1 amide bonds. The first-order valence-corrected chi connectivity index (χ1v) is 24.2. The third-order valence-electron chi connectivity index (χ3n) is 13.1. The Hall–Kier alpha value is -6.17. The molecule has 1 aliphatic carbocycles. The summed E-state index contributed by atoms with van der Waals surface area (Å²) in [5.74, 6) is 3.21. The maximum absolute atomic E-state index is 13.1. The topological polar surface area (TPSA) is 172 Å². The molecule has 0 radical (unpaired) electrons. The number of nitrogens with zero attached hydrogens (tertiary/aromatic N) is 5. The van der Waals surface area contributed by atoms with Crippen LogP contribution in [0, 0.1) is 17.2 Å². The third kappa shape index (κ3) is 9.37. The van der Waals surface area contributed by atoms with Crippen molar-refractivity contribution in [2.75, 3.05) is 23.7 Å². The summed E-state index contributed by atoms with van der Waals surface area (Å²) < 4.78 is 40.0. The van der Waals surface area contributed by atoms with Gasteiger partial charge in [-0.1, -0.05) is 29.8 Å². The van der Waals surface area contributed by atoms with Crippen molar-refractivity contribution in [1.29, 1.82) is 5.26 Å². The van der Waals surface area contributed by atoms with Crippen LogP contribution in [0.1, 0.15) is 90.2 Å². The number of aromatic nitrogens is 4. The maximum atomic E-state index is 13.1. The Balaban J connectivity index is 0.756. The molecule has 5 heterocycles. The van der Waals surface area contributed by atoms with E-state index in [9.17, 15) is 18.0 Å². The largest absolute Gasteiger partial charge is 0.490 e. The molecule has 15 heteroatoms. The number of aromatic amines is 1. The average Bonchev–Trinajstić information content (AvgIpc) is 3.95. The maximum Gasteiger partial charge on any atom is 0.274 e. The number of amides is 1. The fourth-order valence-electron chi connectivity index (χ4n) is 9.42. The number of rotatable bonds is 12. The van der Waals surface area contributed by atoms with Crippen LogP contribution in [-0.4, -0.2) is 65.1 Å². The van der Waals surface area contributed by atoms with Gasteiger partial charge in [-0.3, -0.25) is 9.59 Å². The SMILES string of the molecule is Cn1cc(-c2cc(C3CCCS3(=O)=O)ccc2Oc2ccc(CCC3CCN(c4ccc(C(=O)N[C@H]5CC[C@H](Oc6ccc(C#N)c(Cl)c6)CC5)nn4)CC3)cc2)c2cc[nH]c2c1=O. The highest BCUT2D eigenvalue weighted by atomic mass is 35.5. The second-order valence-electron chi connectivity index (χ2n) is 17.3. The molecule has 1 saturated carbocycles. The second-order valence-corrected chi connectivity index (χ2v) is 20.0. The zero-order valence-corrected chi connectivity index (χ0v) is 37.2. The number of aryl methyl sites for hydroxylation is 2. The normalized spacial score (nSPS) is 19.9. The number of sulfone groups is 1. The van der Waals surface area contributed by atoms with Crippen LogP contribution >= 0.6 is 11.6 Å². The molecule has 2 aliphatic heterocycles. The zero-order chi connectivity index (χ0) is 44.4. The highest BCUT2D eigenvalue weighted by Crippen LogP contribution is 2.42. The van der Waals surface area contributed by atoms with E-state index >= 15 is 0 Å². The number of piperidine rings is 1. The minimum Gasteiger partial charge on any atom is -0.490 e. The van der Waals surface area contributed by atoms with Crippen molar-refractivity contribution < 1.29 is 22.7 Å². The molecule has 3 fully saturated rings. The van der Waals surface area contributed by atoms with Crippen molar-refractivity contribution in [3.63, 3.8) is 0 Å². The van der Waals surface area contributed by atoms with Gasteiger partial charge in [0.25, 0.3) is 11.5 Å². The Labute approximate surface area is 377 Å². The summed E-state index contributed by atoms with van der Waals surface area (Å²) in [6.07, 6.45) is 12.0. The first-order chi connectivity index (χ1) is 31.0. The smallest absolute Gasteiger partial charge is 0.274 e. The Morgan fingerprint density at radius 1 is 0.922 bits per heavy atom. The molecule has 3 aromatic carbocycles. The highest BCUT2D eigenvalue weighted by molar-refractivity contribution is 7.91. The van der Waals surface area contributed by atoms with E-state index in [1.165, 1.54) is 10.1 Å². The van der Waals surface area contributed by atoms with E-state index in [0.29, 0.717) is 57.8 Å². The molecule has 0 bridgehead atoms. The van der Waals surface area contributed by atoms with Gasteiger partial charge in [0.2, 0.25) is 0 Å². The van der Waals surface area contributed by atoms with Crippen LogP contribution in [-0.2, 0) is 23.3 Å². The van der Waals surface area contributed by atoms with Gasteiger partial charge < -0.3 is 29.2 Å². The zero-order valence-electron chi connectivity index (χ0n) is 35.6. The summed E-state index contributed by atoms with van der Waals surface area (Å²) in [4.78, 5) is 31.3. The predicted molar refractivity (Wildman–Crippen MR) is 247 cm³/mol. The molecular formula is C49H50ClN7O6S. The minimum atomic E-state index is -3.24. The lowest BCUT2D eigenvalue weighted by Gasteiger charge is -2.32. The lowest BCUT2D eigenvalue weighted by atomic mass is 9.90. The molecule has 2 saturated heterocycles. The lowest BCUT2D eigenvalue weighted by Crippen LogP contribution is -2.40. The molecule has 0 spiro atoms. The average molecular weight is 901 g/mol. The van der Waals surface area contributed by atoms with Crippen LogP contribution in [0.2, 0.25) is 5.02 Å². The molecule has 1 unspecified atom stereocenters. The van der Waals surface area contributed by atoms with E-state index < -0.39 is 15.1 Å². The van der Waals surface area contributed by atoms with Crippen molar-refractivity contribution in [3.05, 3.63) is 129 Å². The number of carbonyl (C=O) groups excluding carboxylic acids is 1. The Morgan fingerprint density at radius 2 is 1.70 bits per heavy atom. The first-order valence-electron chi connectivity index (χ1n) is 22.1. The van der Waals surface area contributed by atoms with Gasteiger partial charge in [0.1, 0.15) is 28.8 Å². The van der Waals surface area contributed by atoms with Crippen LogP contribution < -0.4 is 25.2 Å². The molecule has 1 atom stereocenters. The quantitative estimate of drug-likeness (QED) is 0.121. The summed E-state index contributed by atoms with van der Waals surface area (Å²) in [6.45, 7) is 1.74. The number of nitrogens with one attached hydrogen (secondary N) is 2. The van der Waals surface area contributed by atoms with Crippen LogP contribution in [0.25, 0.3) is 22.0 Å². The van der Waals surface area contributed by atoms with Crippen molar-refractivity contribution in [2.24, 2.45) is 13.0 Å². The molecular weight excluding hydrogens is 850 g/mol. The summed E-state index contributed by atoms with van der Waals surface area (Å²) in [5.41, 5.74) is 4.53. The van der Waals surface area contributed by atoms with Gasteiger partial charge in [-0.2, -0.15) is 5.26 Å². The van der Waals surface area contributed by atoms with Gasteiger partial charge in [0, 0.05) is 61.2 Å². The van der Waals surface area contributed by atoms with Gasteiger partial charge in [-0.15, -0.1) is 10.2 Å². The summed E-state index contributed by atoms with van der Waals surface area (Å²) in [6, 6.07) is 26.5. The summed E-state index contributed by atoms with van der Waals surface area (Å²) >= 11 is 6.16. The number of hydrogen-bond donors (Lipinski definition) is 2. The van der Waals surface area contributed by atoms with Crippen LogP contribution in [0.4, 0.5) is 5.82 Å². The standard InChI is InChI=1S/C49H50ClN7O6S/c1-56-30-41(39-20-23-52-47(39)49(56)59)40-27-33(45-3-2-26-64(45,60)61)9-18-44(40)63-37-12-6-31(7-13-37)4-5-32-21-24-57(25-22-32)46-19-17-43(54-55-46)48(58)53-35-10-15-36(16-11-35)62-38-14-8-34(29-51)42(50)28-38/h6-9,12-14,17-20,23,27-28,30,32,35-36,45,52H,2-5,10-11,15-16,21-22,24-26H2,1H3,(H,53,58)/t35-,36-,45?. The van der Waals surface area contributed by atoms with Crippen molar-refractivity contribution >= 4 is 44.1 Å². The first kappa shape index (κ1) is 43.1. The highest BCUT2D eigenvalue weighted by Gasteiger charge is 2.33. The number of carbonyl (C=O) groups is 1. The van der Waals surface area contributed by atoms with Gasteiger partial charge in [-0.05, 0) is 136 Å². The molecule has 3 aromatic heterocycles. The van der Waals surface area contributed by atoms with E-state index in [1.54, 1.807) is 43.7 Å². The predicted octanol–water partition coefficient (Wildman–Crippen LogP) is 8.86. The number of H-pyrrole nitrogens is 1. The number of fused-ring (bicyclic) bond motifs is 1. The number of nitriles is 1. The van der Waals surface area contributed by atoms with Gasteiger partial charge in [0.15, 0.2) is 21.3 Å². The Kier molecular flexibility index (Phi) is 12.5. The molecule has 9 rings (SSSR count). The Bertz CT molecular complexity index is 2880. The summed E-state index contributed by atoms with van der Waals surface area (Å²) in [5, 5.41) is 21.5. The van der Waals surface area contributed by atoms with E-state index in [0.717, 1.165) is 92.4 Å². The van der Waals surface area contributed by atoms with Crippen molar-refractivity contribution in [3.8, 4) is 34.4 Å². The van der Waals surface area contributed by atoms with Crippen LogP contribution in [0.5, 0.6) is 17.2 Å². The van der Waals surface area contributed by atoms with E-state index in [4.69, 9.17) is 26.3 Å². The molecule has 330 valence electrons. The minimum absolute atomic E-state index is 0.0192. The van der Waals surface area contributed by atoms with E-state index in [2.05, 4.69) is 43.6 Å². The lowest BCUT2D eigenvalue weighted by molar-refractivity contribution is 0.0888. The summed E-state index contributed by atoms with van der Waals surface area (Å²) in [7, 11) is -1.53. The van der Waals surface area contributed by atoms with Gasteiger partial charge in [0.05, 0.1) is 27.7 Å². The fourth-order valence-corrected chi connectivity index (χ4v) is 11.6. The number of hydrogen-bond acceptors (Lipinski definition) is 10. The number of benzene rings is 3. The Morgan fingerprint density at radius 3 is 2.41 bits per heavy atom. The molecule has 3 aliphatic rings. The van der Waals surface area contributed by atoms with E-state index in [1.807, 2.05) is 42.5 Å². The molecule has 64 heavy (non-hydrogen) atoms. The monoisotopic (exact) mass is 899 g/mol. The number of anilines is 1. The van der Waals surface area contributed by atoms with Gasteiger partial charge >= 0.3 is 0 Å². The molecule has 6 aromatic rings. The number of halogens is 1. The number of pyridine rings is 1. The van der Waals surface area contributed by atoms with Crippen molar-refractivity contribution in [2.45, 2.75) is 81.6 Å². The fraction of sp³-hybridized carbons (Fsp3) is 0.367. The molecule has 13 nitrogen and oxygen atoms in total.